The summed E-state index contributed by atoms with van der Waals surface area (Å²) in [4.78, 5) is 27.4. The lowest BCUT2D eigenvalue weighted by molar-refractivity contribution is -0.132. The van der Waals surface area contributed by atoms with E-state index in [0.717, 1.165) is 24.3 Å². The molecule has 0 bridgehead atoms. The fourth-order valence-corrected chi connectivity index (χ4v) is 4.94. The molecule has 0 fully saturated rings. The zero-order valence-corrected chi connectivity index (χ0v) is 17.0. The Balaban J connectivity index is 1.41. The van der Waals surface area contributed by atoms with Gasteiger partial charge in [0.2, 0.25) is 11.7 Å². The molecular formula is C21H21N5O2S. The average molecular weight is 407 g/mol. The predicted molar refractivity (Wildman–Crippen MR) is 112 cm³/mol. The quantitative estimate of drug-likeness (QED) is 0.521. The van der Waals surface area contributed by atoms with E-state index < -0.39 is 0 Å². The molecule has 0 N–H and O–H groups in total. The van der Waals surface area contributed by atoms with Gasteiger partial charge in [-0.2, -0.15) is 0 Å². The van der Waals surface area contributed by atoms with E-state index in [1.807, 2.05) is 39.8 Å². The second-order valence-corrected chi connectivity index (χ2v) is 8.19. The standard InChI is InChI=1S/C21H21N5O2S/c1-2-25-20(28)19-16(10-12-29-19)26-17(22-23-21(25)26)7-8-18(27)24-11-9-14-5-3-4-6-15(14)13-24/h3-6,10,12H,2,7-9,11,13H2,1H3. The number of carbonyl (C=O) groups excluding carboxylic acids is 1. The van der Waals surface area contributed by atoms with Crippen molar-refractivity contribution >= 4 is 33.2 Å². The molecule has 1 amide bonds. The zero-order valence-electron chi connectivity index (χ0n) is 16.2. The van der Waals surface area contributed by atoms with Crippen molar-refractivity contribution in [1.29, 1.82) is 0 Å². The maximum Gasteiger partial charge on any atom is 0.272 e. The number of benzene rings is 1. The lowest BCUT2D eigenvalue weighted by Crippen LogP contribution is -2.36. The molecule has 1 aliphatic heterocycles. The highest BCUT2D eigenvalue weighted by Crippen LogP contribution is 2.22. The number of nitrogens with zero attached hydrogens (tertiary/aromatic N) is 5. The number of carbonyl (C=O) groups is 1. The highest BCUT2D eigenvalue weighted by atomic mass is 32.1. The molecule has 0 saturated heterocycles. The van der Waals surface area contributed by atoms with Crippen molar-refractivity contribution in [3.05, 3.63) is 63.0 Å². The van der Waals surface area contributed by atoms with Crippen molar-refractivity contribution in [2.75, 3.05) is 6.54 Å². The number of fused-ring (bicyclic) bond motifs is 4. The molecule has 1 aromatic carbocycles. The molecule has 0 aliphatic carbocycles. The highest BCUT2D eigenvalue weighted by molar-refractivity contribution is 7.17. The Labute approximate surface area is 171 Å². The van der Waals surface area contributed by atoms with Gasteiger partial charge >= 0.3 is 0 Å². The van der Waals surface area contributed by atoms with Crippen LogP contribution >= 0.6 is 11.3 Å². The minimum atomic E-state index is -0.0352. The van der Waals surface area contributed by atoms with Crippen LogP contribution in [0.1, 0.15) is 30.3 Å². The number of hydrogen-bond acceptors (Lipinski definition) is 5. The minimum Gasteiger partial charge on any atom is -0.338 e. The van der Waals surface area contributed by atoms with E-state index in [-0.39, 0.29) is 11.5 Å². The number of aryl methyl sites for hydroxylation is 2. The van der Waals surface area contributed by atoms with E-state index in [1.54, 1.807) is 4.57 Å². The van der Waals surface area contributed by atoms with Crippen molar-refractivity contribution < 1.29 is 4.79 Å². The molecule has 0 atom stereocenters. The Morgan fingerprint density at radius 2 is 2.00 bits per heavy atom. The first-order valence-electron chi connectivity index (χ1n) is 9.86. The van der Waals surface area contributed by atoms with Crippen LogP contribution in [-0.4, -0.2) is 36.5 Å². The third-order valence-corrected chi connectivity index (χ3v) is 6.53. The van der Waals surface area contributed by atoms with E-state index in [2.05, 4.69) is 22.3 Å². The van der Waals surface area contributed by atoms with Crippen molar-refractivity contribution in [1.82, 2.24) is 24.1 Å². The number of aromatic nitrogens is 4. The van der Waals surface area contributed by atoms with E-state index in [1.165, 1.54) is 22.5 Å². The van der Waals surface area contributed by atoms with Crippen LogP contribution in [0.5, 0.6) is 0 Å². The van der Waals surface area contributed by atoms with Crippen molar-refractivity contribution in [3.8, 4) is 0 Å². The minimum absolute atomic E-state index is 0.0352. The Morgan fingerprint density at radius 3 is 2.83 bits per heavy atom. The van der Waals surface area contributed by atoms with Gasteiger partial charge in [0.25, 0.3) is 5.56 Å². The lowest BCUT2D eigenvalue weighted by atomic mass is 9.99. The van der Waals surface area contributed by atoms with Crippen molar-refractivity contribution in [2.24, 2.45) is 0 Å². The second kappa shape index (κ2) is 7.11. The van der Waals surface area contributed by atoms with Crippen LogP contribution in [0.3, 0.4) is 0 Å². The molecule has 0 saturated carbocycles. The molecule has 0 unspecified atom stereocenters. The van der Waals surface area contributed by atoms with Gasteiger partial charge in [0, 0.05) is 32.5 Å². The first-order valence-corrected chi connectivity index (χ1v) is 10.7. The predicted octanol–water partition coefficient (Wildman–Crippen LogP) is 2.64. The van der Waals surface area contributed by atoms with Crippen molar-refractivity contribution in [3.63, 3.8) is 0 Å². The number of amides is 1. The Bertz CT molecular complexity index is 1290. The maximum absolute atomic E-state index is 12.8. The first kappa shape index (κ1) is 18.1. The van der Waals surface area contributed by atoms with Crippen LogP contribution in [0.25, 0.3) is 16.0 Å². The molecule has 3 aromatic heterocycles. The summed E-state index contributed by atoms with van der Waals surface area (Å²) in [6.45, 7) is 3.87. The van der Waals surface area contributed by atoms with Gasteiger partial charge in [-0.15, -0.1) is 21.5 Å². The number of thiophene rings is 1. The van der Waals surface area contributed by atoms with Crippen LogP contribution in [0.15, 0.2) is 40.5 Å². The third kappa shape index (κ3) is 2.95. The molecule has 4 heterocycles. The Morgan fingerprint density at radius 1 is 1.17 bits per heavy atom. The highest BCUT2D eigenvalue weighted by Gasteiger charge is 2.22. The molecule has 0 spiro atoms. The molecule has 8 heteroatoms. The van der Waals surface area contributed by atoms with E-state index >= 15 is 0 Å². The lowest BCUT2D eigenvalue weighted by Gasteiger charge is -2.28. The van der Waals surface area contributed by atoms with Gasteiger partial charge in [0.1, 0.15) is 10.5 Å². The van der Waals surface area contributed by atoms with Gasteiger partial charge in [0.05, 0.1) is 5.52 Å². The summed E-state index contributed by atoms with van der Waals surface area (Å²) in [5.74, 6) is 1.38. The summed E-state index contributed by atoms with van der Waals surface area (Å²) in [6.07, 6.45) is 1.76. The molecule has 1 aliphatic rings. The summed E-state index contributed by atoms with van der Waals surface area (Å²) in [6, 6.07) is 10.2. The smallest absolute Gasteiger partial charge is 0.272 e. The molecule has 148 valence electrons. The van der Waals surface area contributed by atoms with E-state index in [9.17, 15) is 9.59 Å². The SMILES string of the molecule is CCn1c(=O)c2sccc2n2c(CCC(=O)N3CCc4ccccc4C3)nnc12. The second-order valence-electron chi connectivity index (χ2n) is 7.27. The van der Waals surface area contributed by atoms with Crippen LogP contribution in [0, 0.1) is 0 Å². The Kier molecular flexibility index (Phi) is 4.43. The normalized spacial score (nSPS) is 13.9. The monoisotopic (exact) mass is 407 g/mol. The fraction of sp³-hybridized carbons (Fsp3) is 0.333. The van der Waals surface area contributed by atoms with Gasteiger partial charge in [-0.1, -0.05) is 24.3 Å². The first-order chi connectivity index (χ1) is 14.2. The summed E-state index contributed by atoms with van der Waals surface area (Å²) in [5.41, 5.74) is 3.34. The maximum atomic E-state index is 12.8. The summed E-state index contributed by atoms with van der Waals surface area (Å²) >= 11 is 1.43. The van der Waals surface area contributed by atoms with E-state index in [0.29, 0.717) is 36.4 Å². The van der Waals surface area contributed by atoms with E-state index in [4.69, 9.17) is 0 Å². The zero-order chi connectivity index (χ0) is 20.0. The van der Waals surface area contributed by atoms with Crippen LogP contribution in [0.2, 0.25) is 0 Å². The molecule has 7 nitrogen and oxygen atoms in total. The summed E-state index contributed by atoms with van der Waals surface area (Å²) < 4.78 is 4.26. The molecule has 5 rings (SSSR count). The molecular weight excluding hydrogens is 386 g/mol. The number of hydrogen-bond donors (Lipinski definition) is 0. The molecule has 29 heavy (non-hydrogen) atoms. The van der Waals surface area contributed by atoms with Crippen molar-refractivity contribution in [2.45, 2.75) is 39.3 Å². The van der Waals surface area contributed by atoms with Gasteiger partial charge in [0.15, 0.2) is 0 Å². The van der Waals surface area contributed by atoms with Crippen LogP contribution in [-0.2, 0) is 30.7 Å². The van der Waals surface area contributed by atoms with Gasteiger partial charge in [-0.25, -0.2) is 0 Å². The van der Waals surface area contributed by atoms with Gasteiger partial charge in [-0.3, -0.25) is 18.6 Å². The van der Waals surface area contributed by atoms with Crippen LogP contribution < -0.4 is 5.56 Å². The van der Waals surface area contributed by atoms with Crippen LogP contribution in [0.4, 0.5) is 0 Å². The van der Waals surface area contributed by atoms with Gasteiger partial charge < -0.3 is 4.90 Å². The number of rotatable bonds is 4. The third-order valence-electron chi connectivity index (χ3n) is 5.64. The molecule has 0 radical (unpaired) electrons. The fourth-order valence-electron chi connectivity index (χ4n) is 4.11. The summed E-state index contributed by atoms with van der Waals surface area (Å²) in [5, 5.41) is 10.5. The largest absolute Gasteiger partial charge is 0.338 e. The molecule has 4 aromatic rings. The topological polar surface area (TPSA) is 72.5 Å². The summed E-state index contributed by atoms with van der Waals surface area (Å²) in [7, 11) is 0. The van der Waals surface area contributed by atoms with Gasteiger partial charge in [-0.05, 0) is 35.9 Å². The Hall–Kier alpha value is -3.00. The average Bonchev–Trinajstić information content (AvgIpc) is 3.39.